The molecule has 0 unspecified atom stereocenters. The number of anilines is 1. The molecule has 2 aromatic carbocycles. The van der Waals surface area contributed by atoms with E-state index < -0.39 is 0 Å². The zero-order valence-electron chi connectivity index (χ0n) is 13.5. The van der Waals surface area contributed by atoms with E-state index in [1.807, 2.05) is 24.3 Å². The van der Waals surface area contributed by atoms with Gasteiger partial charge in [0.25, 0.3) is 5.91 Å². The first-order valence-electron chi connectivity index (χ1n) is 7.77. The van der Waals surface area contributed by atoms with Crippen LogP contribution in [0, 0.1) is 0 Å². The molecule has 0 aliphatic rings. The molecule has 0 fully saturated rings. The van der Waals surface area contributed by atoms with Crippen LogP contribution >= 0.6 is 46.4 Å². The molecule has 0 spiro atoms. The Balaban J connectivity index is 1.94. The number of carbonyl (C=O) groups excluding carboxylic acids is 1. The summed E-state index contributed by atoms with van der Waals surface area (Å²) in [5.74, 6) is -0.206. The molecule has 0 saturated carbocycles. The van der Waals surface area contributed by atoms with Gasteiger partial charge in [0.2, 0.25) is 0 Å². The van der Waals surface area contributed by atoms with E-state index in [9.17, 15) is 4.79 Å². The van der Waals surface area contributed by atoms with Gasteiger partial charge in [-0.25, -0.2) is 0 Å². The number of hydrogen-bond donors (Lipinski definition) is 1. The Kier molecular flexibility index (Phi) is 7.70. The van der Waals surface area contributed by atoms with E-state index in [4.69, 9.17) is 51.1 Å². The molecule has 2 rings (SSSR count). The fourth-order valence-electron chi connectivity index (χ4n) is 2.15. The lowest BCUT2D eigenvalue weighted by Crippen LogP contribution is -2.20. The maximum absolute atomic E-state index is 12.0. The first-order chi connectivity index (χ1) is 11.9. The van der Waals surface area contributed by atoms with E-state index in [1.54, 1.807) is 0 Å². The number of amides is 1. The summed E-state index contributed by atoms with van der Waals surface area (Å²) in [6.07, 6.45) is 3.32. The van der Waals surface area contributed by atoms with Gasteiger partial charge in [-0.3, -0.25) is 4.79 Å². The third-order valence-corrected chi connectivity index (χ3v) is 5.00. The topological polar surface area (TPSA) is 38.3 Å². The Morgan fingerprint density at radius 1 is 1.04 bits per heavy atom. The lowest BCUT2D eigenvalue weighted by molar-refractivity contribution is -0.118. The Labute approximate surface area is 167 Å². The standard InChI is InChI=1S/C18H17Cl4NO2/c1-2-3-4-11-5-7-12(8-6-11)23-15(24)10-25-18-14(20)9-13(19)16(21)17(18)22/h5-9H,2-4,10H2,1H3,(H,23,24). The summed E-state index contributed by atoms with van der Waals surface area (Å²) in [4.78, 5) is 12.0. The van der Waals surface area contributed by atoms with Crippen molar-refractivity contribution in [2.24, 2.45) is 0 Å². The molecule has 0 saturated heterocycles. The third kappa shape index (κ3) is 5.68. The maximum atomic E-state index is 12.0. The largest absolute Gasteiger partial charge is 0.481 e. The summed E-state index contributed by atoms with van der Waals surface area (Å²) in [7, 11) is 0. The summed E-state index contributed by atoms with van der Waals surface area (Å²) in [5.41, 5.74) is 1.94. The van der Waals surface area contributed by atoms with Gasteiger partial charge in [-0.2, -0.15) is 0 Å². The summed E-state index contributed by atoms with van der Waals surface area (Å²) >= 11 is 23.9. The second-order valence-electron chi connectivity index (χ2n) is 5.43. The van der Waals surface area contributed by atoms with Gasteiger partial charge in [-0.15, -0.1) is 0 Å². The summed E-state index contributed by atoms with van der Waals surface area (Å²) in [5, 5.41) is 3.36. The van der Waals surface area contributed by atoms with Crippen LogP contribution in [0.3, 0.4) is 0 Å². The molecule has 25 heavy (non-hydrogen) atoms. The average molecular weight is 421 g/mol. The van der Waals surface area contributed by atoms with Crippen LogP contribution in [0.2, 0.25) is 20.1 Å². The number of unbranched alkanes of at least 4 members (excludes halogenated alkanes) is 1. The van der Waals surface area contributed by atoms with Crippen molar-refractivity contribution in [1.29, 1.82) is 0 Å². The minimum Gasteiger partial charge on any atom is -0.481 e. The molecule has 1 amide bonds. The molecule has 0 aliphatic carbocycles. The number of aryl methyl sites for hydroxylation is 1. The van der Waals surface area contributed by atoms with Crippen molar-refractivity contribution in [2.45, 2.75) is 26.2 Å². The van der Waals surface area contributed by atoms with Gasteiger partial charge in [0.1, 0.15) is 5.02 Å². The highest BCUT2D eigenvalue weighted by molar-refractivity contribution is 6.50. The Bertz CT molecular complexity index is 748. The van der Waals surface area contributed by atoms with Gasteiger partial charge in [-0.1, -0.05) is 71.9 Å². The van der Waals surface area contributed by atoms with Crippen LogP contribution < -0.4 is 10.1 Å². The molecular formula is C18H17Cl4NO2. The first kappa shape index (κ1) is 20.2. The van der Waals surface area contributed by atoms with Gasteiger partial charge < -0.3 is 10.1 Å². The smallest absolute Gasteiger partial charge is 0.262 e. The molecular weight excluding hydrogens is 404 g/mol. The van der Waals surface area contributed by atoms with Gasteiger partial charge in [0.15, 0.2) is 12.4 Å². The average Bonchev–Trinajstić information content (AvgIpc) is 2.59. The van der Waals surface area contributed by atoms with E-state index in [-0.39, 0.29) is 38.4 Å². The first-order valence-corrected chi connectivity index (χ1v) is 9.28. The second kappa shape index (κ2) is 9.54. The zero-order valence-corrected chi connectivity index (χ0v) is 16.6. The molecule has 0 bridgehead atoms. The number of halogens is 4. The van der Waals surface area contributed by atoms with Crippen molar-refractivity contribution in [1.82, 2.24) is 0 Å². The van der Waals surface area contributed by atoms with Crippen LogP contribution in [0.4, 0.5) is 5.69 Å². The Morgan fingerprint density at radius 3 is 2.36 bits per heavy atom. The molecule has 0 heterocycles. The van der Waals surface area contributed by atoms with Crippen LogP contribution in [-0.2, 0) is 11.2 Å². The van der Waals surface area contributed by atoms with Crippen molar-refractivity contribution >= 4 is 58.0 Å². The lowest BCUT2D eigenvalue weighted by Gasteiger charge is -2.12. The van der Waals surface area contributed by atoms with Gasteiger partial charge in [0, 0.05) is 5.69 Å². The zero-order chi connectivity index (χ0) is 18.4. The molecule has 0 aliphatic heterocycles. The van der Waals surface area contributed by atoms with E-state index in [1.165, 1.54) is 11.6 Å². The predicted octanol–water partition coefficient (Wildman–Crippen LogP) is 6.66. The summed E-state index contributed by atoms with van der Waals surface area (Å²) in [6.45, 7) is 1.90. The van der Waals surface area contributed by atoms with Crippen LogP contribution in [0.5, 0.6) is 5.75 Å². The molecule has 0 aromatic heterocycles. The van der Waals surface area contributed by atoms with Crippen molar-refractivity contribution in [2.75, 3.05) is 11.9 Å². The maximum Gasteiger partial charge on any atom is 0.262 e. The number of rotatable bonds is 7. The molecule has 134 valence electrons. The normalized spacial score (nSPS) is 10.6. The van der Waals surface area contributed by atoms with Crippen LogP contribution in [0.25, 0.3) is 0 Å². The van der Waals surface area contributed by atoms with E-state index in [0.29, 0.717) is 5.69 Å². The fraction of sp³-hybridized carbons (Fsp3) is 0.278. The van der Waals surface area contributed by atoms with Crippen molar-refractivity contribution in [3.05, 3.63) is 56.0 Å². The van der Waals surface area contributed by atoms with E-state index in [0.717, 1.165) is 19.3 Å². The fourth-order valence-corrected chi connectivity index (χ4v) is 3.17. The second-order valence-corrected chi connectivity index (χ2v) is 7.00. The SMILES string of the molecule is CCCCc1ccc(NC(=O)COc2c(Cl)cc(Cl)c(Cl)c2Cl)cc1. The summed E-state index contributed by atoms with van der Waals surface area (Å²) < 4.78 is 5.40. The molecule has 2 aromatic rings. The molecule has 0 atom stereocenters. The predicted molar refractivity (Wildman–Crippen MR) is 106 cm³/mol. The minimum atomic E-state index is -0.334. The minimum absolute atomic E-state index is 0.0762. The molecule has 3 nitrogen and oxygen atoms in total. The van der Waals surface area contributed by atoms with Crippen molar-refractivity contribution in [3.8, 4) is 5.75 Å². The monoisotopic (exact) mass is 419 g/mol. The van der Waals surface area contributed by atoms with Crippen molar-refractivity contribution < 1.29 is 9.53 Å². The number of ether oxygens (including phenoxy) is 1. The number of nitrogens with one attached hydrogen (secondary N) is 1. The highest BCUT2D eigenvalue weighted by Crippen LogP contribution is 2.42. The Morgan fingerprint density at radius 2 is 1.72 bits per heavy atom. The van der Waals surface area contributed by atoms with Crippen LogP contribution in [0.1, 0.15) is 25.3 Å². The highest BCUT2D eigenvalue weighted by atomic mass is 35.5. The molecule has 1 N–H and O–H groups in total. The van der Waals surface area contributed by atoms with E-state index in [2.05, 4.69) is 12.2 Å². The number of hydrogen-bond acceptors (Lipinski definition) is 2. The van der Waals surface area contributed by atoms with Crippen molar-refractivity contribution in [3.63, 3.8) is 0 Å². The number of benzene rings is 2. The van der Waals surface area contributed by atoms with Gasteiger partial charge in [-0.05, 0) is 36.6 Å². The van der Waals surface area contributed by atoms with Crippen LogP contribution in [0.15, 0.2) is 30.3 Å². The Hall–Kier alpha value is -1.13. The third-order valence-electron chi connectivity index (χ3n) is 3.48. The van der Waals surface area contributed by atoms with Gasteiger partial charge in [0.05, 0.1) is 15.1 Å². The van der Waals surface area contributed by atoms with Gasteiger partial charge >= 0.3 is 0 Å². The number of carbonyl (C=O) groups is 1. The van der Waals surface area contributed by atoms with Crippen LogP contribution in [-0.4, -0.2) is 12.5 Å². The lowest BCUT2D eigenvalue weighted by atomic mass is 10.1. The van der Waals surface area contributed by atoms with E-state index >= 15 is 0 Å². The highest BCUT2D eigenvalue weighted by Gasteiger charge is 2.16. The molecule has 7 heteroatoms. The quantitative estimate of drug-likeness (QED) is 0.401. The summed E-state index contributed by atoms with van der Waals surface area (Å²) in [6, 6.07) is 9.14. The molecule has 0 radical (unpaired) electrons.